The minimum Gasteiger partial charge on any atom is -0.480 e. The van der Waals surface area contributed by atoms with Crippen molar-refractivity contribution >= 4 is 24.2 Å². The highest BCUT2D eigenvalue weighted by molar-refractivity contribution is 5.73. The summed E-state index contributed by atoms with van der Waals surface area (Å²) < 4.78 is 15.6. The average molecular weight is 519 g/mol. The van der Waals surface area contributed by atoms with Crippen molar-refractivity contribution in [3.63, 3.8) is 0 Å². The zero-order chi connectivity index (χ0) is 28.2. The molecule has 3 amide bonds. The Bertz CT molecular complexity index is 689. The van der Waals surface area contributed by atoms with Crippen molar-refractivity contribution in [2.24, 2.45) is 0 Å². The number of nitrogens with one attached hydrogen (secondary N) is 3. The maximum absolute atomic E-state index is 12.0. The molecule has 1 atom stereocenters. The molecule has 0 spiro atoms. The second-order valence-corrected chi connectivity index (χ2v) is 11.3. The topological polar surface area (TPSA) is 156 Å². The number of carboxylic acid groups (broad SMARTS) is 1. The lowest BCUT2D eigenvalue weighted by atomic mass is 10.1. The molecule has 0 saturated carbocycles. The van der Waals surface area contributed by atoms with Crippen molar-refractivity contribution in [2.45, 2.75) is 98.0 Å². The molecule has 0 aromatic heterocycles. The number of aliphatic carboxylic acids is 1. The molecule has 0 heterocycles. The first-order chi connectivity index (χ1) is 16.3. The molecule has 0 aromatic carbocycles. The van der Waals surface area contributed by atoms with Crippen molar-refractivity contribution in [1.29, 1.82) is 0 Å². The van der Waals surface area contributed by atoms with Crippen LogP contribution in [0.5, 0.6) is 0 Å². The highest BCUT2D eigenvalue weighted by atomic mass is 16.6. The lowest BCUT2D eigenvalue weighted by Crippen LogP contribution is -2.49. The summed E-state index contributed by atoms with van der Waals surface area (Å²) in [5, 5.41) is 17.7. The van der Waals surface area contributed by atoms with Crippen LogP contribution in [0.15, 0.2) is 0 Å². The summed E-state index contributed by atoms with van der Waals surface area (Å²) in [5.74, 6) is -1.05. The molecule has 36 heavy (non-hydrogen) atoms. The van der Waals surface area contributed by atoms with Gasteiger partial charge in [0.2, 0.25) is 0 Å². The van der Waals surface area contributed by atoms with Gasteiger partial charge in [-0.25, -0.2) is 14.4 Å². The fraction of sp³-hybridized carbons (Fsp3) is 0.833. The maximum Gasteiger partial charge on any atom is 0.407 e. The summed E-state index contributed by atoms with van der Waals surface area (Å²) in [7, 11) is 0. The Morgan fingerprint density at radius 1 is 0.667 bits per heavy atom. The number of ether oxygens (including phenoxy) is 3. The number of hydrogen-bond acceptors (Lipinski definition) is 8. The third-order valence-corrected chi connectivity index (χ3v) is 4.18. The fourth-order valence-corrected chi connectivity index (χ4v) is 2.92. The molecule has 0 bridgehead atoms. The molecule has 12 heteroatoms. The highest BCUT2D eigenvalue weighted by Crippen LogP contribution is 2.10. The van der Waals surface area contributed by atoms with E-state index in [4.69, 9.17) is 14.2 Å². The predicted octanol–water partition coefficient (Wildman–Crippen LogP) is 3.10. The Balaban J connectivity index is 5.04. The van der Waals surface area contributed by atoms with Crippen LogP contribution in [-0.4, -0.2) is 89.8 Å². The molecule has 0 radical (unpaired) electrons. The van der Waals surface area contributed by atoms with E-state index in [9.17, 15) is 24.3 Å². The molecule has 0 aliphatic rings. The summed E-state index contributed by atoms with van der Waals surface area (Å²) in [5.41, 5.74) is -1.95. The van der Waals surface area contributed by atoms with Crippen LogP contribution in [-0.2, 0) is 19.0 Å². The van der Waals surface area contributed by atoms with E-state index in [0.29, 0.717) is 6.42 Å². The first kappa shape index (κ1) is 33.2. The predicted molar refractivity (Wildman–Crippen MR) is 135 cm³/mol. The van der Waals surface area contributed by atoms with Gasteiger partial charge in [0.25, 0.3) is 0 Å². The van der Waals surface area contributed by atoms with Crippen molar-refractivity contribution in [2.75, 3.05) is 32.7 Å². The molecule has 0 aliphatic heterocycles. The molecule has 12 nitrogen and oxygen atoms in total. The van der Waals surface area contributed by atoms with Gasteiger partial charge in [0, 0.05) is 32.7 Å². The van der Waals surface area contributed by atoms with Crippen LogP contribution >= 0.6 is 0 Å². The largest absolute Gasteiger partial charge is 0.480 e. The van der Waals surface area contributed by atoms with Gasteiger partial charge in [-0.3, -0.25) is 9.69 Å². The van der Waals surface area contributed by atoms with Crippen LogP contribution in [0.3, 0.4) is 0 Å². The molecule has 0 aliphatic carbocycles. The summed E-state index contributed by atoms with van der Waals surface area (Å²) in [4.78, 5) is 49.4. The Labute approximate surface area is 214 Å². The number of rotatable bonds is 12. The summed E-state index contributed by atoms with van der Waals surface area (Å²) >= 11 is 0. The average Bonchev–Trinajstić information content (AvgIpc) is 2.62. The van der Waals surface area contributed by atoms with Crippen LogP contribution in [0.2, 0.25) is 0 Å². The molecule has 0 fully saturated rings. The first-order valence-electron chi connectivity index (χ1n) is 12.2. The zero-order valence-electron chi connectivity index (χ0n) is 23.3. The van der Waals surface area contributed by atoms with Gasteiger partial charge in [-0.2, -0.15) is 0 Å². The van der Waals surface area contributed by atoms with Gasteiger partial charge >= 0.3 is 24.2 Å². The Kier molecular flexibility index (Phi) is 13.6. The molecule has 4 N–H and O–H groups in total. The quantitative estimate of drug-likeness (QED) is 0.225. The lowest BCUT2D eigenvalue weighted by Gasteiger charge is -2.29. The van der Waals surface area contributed by atoms with E-state index in [1.807, 2.05) is 0 Å². The Hall–Kier alpha value is -2.76. The molecule has 0 aromatic rings. The molecule has 0 saturated heterocycles. The molecule has 210 valence electrons. The summed E-state index contributed by atoms with van der Waals surface area (Å²) in [6, 6.07) is -0.911. The van der Waals surface area contributed by atoms with E-state index in [0.717, 1.165) is 0 Å². The van der Waals surface area contributed by atoms with Gasteiger partial charge in [0.1, 0.15) is 22.8 Å². The monoisotopic (exact) mass is 518 g/mol. The standard InChI is InChI=1S/C24H46N4O8/c1-22(2,3)34-19(31)25-12-10-11-17(18(29)30)28(15-13-26-20(32)35-23(4,5)6)16-14-27-21(33)36-24(7,8)9/h17H,10-16H2,1-9H3,(H,25,31)(H,26,32)(H,27,33)(H,29,30)/t17-/m0/s1. The molecular formula is C24H46N4O8. The van der Waals surface area contributed by atoms with Crippen LogP contribution in [0.4, 0.5) is 14.4 Å². The van der Waals surface area contributed by atoms with Crippen molar-refractivity contribution in [3.05, 3.63) is 0 Å². The minimum atomic E-state index is -1.05. The fourth-order valence-electron chi connectivity index (χ4n) is 2.92. The number of hydrogen-bond donors (Lipinski definition) is 4. The van der Waals surface area contributed by atoms with E-state index >= 15 is 0 Å². The lowest BCUT2D eigenvalue weighted by molar-refractivity contribution is -0.143. The number of carbonyl (C=O) groups is 4. The van der Waals surface area contributed by atoms with Crippen LogP contribution < -0.4 is 16.0 Å². The highest BCUT2D eigenvalue weighted by Gasteiger charge is 2.26. The molecule has 0 unspecified atom stereocenters. The van der Waals surface area contributed by atoms with Gasteiger partial charge in [0.05, 0.1) is 0 Å². The molecule has 0 rings (SSSR count). The number of amides is 3. The van der Waals surface area contributed by atoms with Gasteiger partial charge in [-0.1, -0.05) is 0 Å². The minimum absolute atomic E-state index is 0.140. The van der Waals surface area contributed by atoms with E-state index < -0.39 is 47.1 Å². The zero-order valence-corrected chi connectivity index (χ0v) is 23.3. The van der Waals surface area contributed by atoms with Crippen molar-refractivity contribution in [1.82, 2.24) is 20.9 Å². The maximum atomic E-state index is 12.0. The van der Waals surface area contributed by atoms with Gasteiger partial charge in [-0.15, -0.1) is 0 Å². The Morgan fingerprint density at radius 3 is 1.31 bits per heavy atom. The van der Waals surface area contributed by atoms with E-state index in [2.05, 4.69) is 16.0 Å². The van der Waals surface area contributed by atoms with Gasteiger partial charge in [0.15, 0.2) is 0 Å². The number of alkyl carbamates (subject to hydrolysis) is 3. The van der Waals surface area contributed by atoms with Crippen molar-refractivity contribution in [3.8, 4) is 0 Å². The number of carbonyl (C=O) groups excluding carboxylic acids is 3. The number of carboxylic acids is 1. The Morgan fingerprint density at radius 2 is 1.00 bits per heavy atom. The second-order valence-electron chi connectivity index (χ2n) is 11.3. The molecular weight excluding hydrogens is 472 g/mol. The van der Waals surface area contributed by atoms with Crippen LogP contribution in [0.1, 0.15) is 75.2 Å². The van der Waals surface area contributed by atoms with Crippen molar-refractivity contribution < 1.29 is 38.5 Å². The third kappa shape index (κ3) is 18.6. The van der Waals surface area contributed by atoms with Crippen LogP contribution in [0, 0.1) is 0 Å². The van der Waals surface area contributed by atoms with E-state index in [1.165, 1.54) is 0 Å². The van der Waals surface area contributed by atoms with E-state index in [-0.39, 0.29) is 39.1 Å². The normalized spacial score (nSPS) is 12.9. The second kappa shape index (κ2) is 14.7. The summed E-state index contributed by atoms with van der Waals surface area (Å²) in [6.45, 7) is 16.6. The van der Waals surface area contributed by atoms with Gasteiger partial charge < -0.3 is 35.3 Å². The van der Waals surface area contributed by atoms with Crippen LogP contribution in [0.25, 0.3) is 0 Å². The first-order valence-corrected chi connectivity index (χ1v) is 12.2. The van der Waals surface area contributed by atoms with Gasteiger partial charge in [-0.05, 0) is 75.2 Å². The third-order valence-electron chi connectivity index (χ3n) is 4.18. The number of nitrogens with zero attached hydrogens (tertiary/aromatic N) is 1. The SMILES string of the molecule is CC(C)(C)OC(=O)NCCC[C@@H](C(=O)O)N(CCNC(=O)OC(C)(C)C)CCNC(=O)OC(C)(C)C. The smallest absolute Gasteiger partial charge is 0.407 e. The van der Waals surface area contributed by atoms with E-state index in [1.54, 1.807) is 67.2 Å². The summed E-state index contributed by atoms with van der Waals surface area (Å²) in [6.07, 6.45) is -1.18.